The average Bonchev–Trinajstić information content (AvgIpc) is 2.82. The fourth-order valence-corrected chi connectivity index (χ4v) is 1.84. The number of carbonyl (C=O) groups excluding carboxylic acids is 1. The van der Waals surface area contributed by atoms with Crippen LogP contribution in [0.15, 0.2) is 33.9 Å². The predicted molar refractivity (Wildman–Crippen MR) is 79.3 cm³/mol. The summed E-state index contributed by atoms with van der Waals surface area (Å²) in [6.07, 6.45) is -3.65. The monoisotopic (exact) mass is 341 g/mol. The number of amides is 1. The molecule has 0 fully saturated rings. The summed E-state index contributed by atoms with van der Waals surface area (Å²) >= 11 is 0. The summed E-state index contributed by atoms with van der Waals surface area (Å²) in [5, 5.41) is 9.47. The Morgan fingerprint density at radius 2 is 2.17 bits per heavy atom. The largest absolute Gasteiger partial charge is 0.416 e. The van der Waals surface area contributed by atoms with E-state index < -0.39 is 17.6 Å². The predicted octanol–water partition coefficient (Wildman–Crippen LogP) is 3.45. The lowest BCUT2D eigenvalue weighted by Crippen LogP contribution is -2.14. The molecule has 0 aliphatic rings. The summed E-state index contributed by atoms with van der Waals surface area (Å²) in [5.41, 5.74) is 0.514. The normalized spacial score (nSPS) is 11.7. The summed E-state index contributed by atoms with van der Waals surface area (Å²) in [6, 6.07) is 4.28. The lowest BCUT2D eigenvalue weighted by molar-refractivity contribution is -0.137. The molecule has 6 nitrogen and oxygen atoms in total. The van der Waals surface area contributed by atoms with E-state index in [9.17, 15) is 18.0 Å². The number of hydrogen-bond acceptors (Lipinski definition) is 5. The highest BCUT2D eigenvalue weighted by Crippen LogP contribution is 2.30. The highest BCUT2D eigenvalue weighted by atomic mass is 19.4. The first kappa shape index (κ1) is 17.5. The fraction of sp³-hybridized carbons (Fsp3) is 0.267. The topological polar surface area (TPSA) is 76.7 Å². The van der Waals surface area contributed by atoms with Crippen molar-refractivity contribution in [2.24, 2.45) is 5.16 Å². The number of rotatable bonds is 5. The minimum atomic E-state index is -4.48. The van der Waals surface area contributed by atoms with Gasteiger partial charge in [0.2, 0.25) is 0 Å². The Bertz CT molecular complexity index is 734. The van der Waals surface area contributed by atoms with Crippen LogP contribution >= 0.6 is 0 Å². The maximum atomic E-state index is 12.6. The maximum absolute atomic E-state index is 12.6. The van der Waals surface area contributed by atoms with Crippen LogP contribution in [0.25, 0.3) is 0 Å². The van der Waals surface area contributed by atoms with Crippen LogP contribution in [0.4, 0.5) is 18.9 Å². The summed E-state index contributed by atoms with van der Waals surface area (Å²) in [5.74, 6) is -0.135. The second-order valence-corrected chi connectivity index (χ2v) is 4.88. The number of halogens is 3. The highest BCUT2D eigenvalue weighted by molar-refractivity contribution is 6.31. The number of nitrogens with one attached hydrogen (secondary N) is 1. The van der Waals surface area contributed by atoms with Gasteiger partial charge in [0.1, 0.15) is 18.6 Å². The fourth-order valence-electron chi connectivity index (χ4n) is 1.84. The van der Waals surface area contributed by atoms with E-state index >= 15 is 0 Å². The molecule has 0 saturated carbocycles. The number of hydrogen-bond donors (Lipinski definition) is 1. The van der Waals surface area contributed by atoms with E-state index in [1.54, 1.807) is 13.8 Å². The lowest BCUT2D eigenvalue weighted by atomic mass is 10.2. The second kappa shape index (κ2) is 7.16. The number of alkyl halides is 3. The van der Waals surface area contributed by atoms with Crippen molar-refractivity contribution in [3.05, 3.63) is 46.8 Å². The van der Waals surface area contributed by atoms with Crippen molar-refractivity contribution in [1.29, 1.82) is 0 Å². The molecule has 0 atom stereocenters. The molecular weight excluding hydrogens is 327 g/mol. The van der Waals surface area contributed by atoms with Gasteiger partial charge in [-0.2, -0.15) is 13.2 Å². The second-order valence-electron chi connectivity index (χ2n) is 4.88. The van der Waals surface area contributed by atoms with Crippen LogP contribution in [0.1, 0.15) is 22.6 Å². The summed E-state index contributed by atoms with van der Waals surface area (Å²) in [7, 11) is 0. The SMILES string of the molecule is Cc1noc(C)c1CO/N=C/C(=O)Nc1cccc(C(F)(F)F)c1. The Labute approximate surface area is 135 Å². The van der Waals surface area contributed by atoms with Crippen molar-refractivity contribution < 1.29 is 27.3 Å². The third-order valence-corrected chi connectivity index (χ3v) is 3.09. The molecule has 1 aromatic heterocycles. The molecule has 0 bridgehead atoms. The molecule has 0 radical (unpaired) electrons. The van der Waals surface area contributed by atoms with Gasteiger partial charge in [0.25, 0.3) is 5.91 Å². The van der Waals surface area contributed by atoms with E-state index in [2.05, 4.69) is 15.6 Å². The molecule has 24 heavy (non-hydrogen) atoms. The van der Waals surface area contributed by atoms with Crippen molar-refractivity contribution in [2.45, 2.75) is 26.6 Å². The van der Waals surface area contributed by atoms with Crippen molar-refractivity contribution in [3.8, 4) is 0 Å². The van der Waals surface area contributed by atoms with Gasteiger partial charge in [0.15, 0.2) is 0 Å². The quantitative estimate of drug-likeness (QED) is 0.667. The van der Waals surface area contributed by atoms with Crippen LogP contribution in [-0.4, -0.2) is 17.3 Å². The molecule has 1 heterocycles. The van der Waals surface area contributed by atoms with E-state index in [0.717, 1.165) is 18.3 Å². The zero-order chi connectivity index (χ0) is 17.7. The standard InChI is InChI=1S/C15H14F3N3O3/c1-9-13(10(2)24-21-9)8-23-19-7-14(22)20-12-5-3-4-11(6-12)15(16,17)18/h3-7H,8H2,1-2H3,(H,20,22)/b19-7+. The van der Waals surface area contributed by atoms with Gasteiger partial charge in [-0.25, -0.2) is 0 Å². The van der Waals surface area contributed by atoms with Crippen LogP contribution in [0.5, 0.6) is 0 Å². The number of aryl methyl sites for hydroxylation is 2. The minimum Gasteiger partial charge on any atom is -0.391 e. The molecule has 9 heteroatoms. The number of nitrogens with zero attached hydrogens (tertiary/aromatic N) is 2. The zero-order valence-electron chi connectivity index (χ0n) is 12.8. The summed E-state index contributed by atoms with van der Waals surface area (Å²) in [6.45, 7) is 3.51. The first-order valence-electron chi connectivity index (χ1n) is 6.82. The van der Waals surface area contributed by atoms with E-state index in [-0.39, 0.29) is 12.3 Å². The minimum absolute atomic E-state index is 0.00648. The molecule has 0 aliphatic carbocycles. The molecular formula is C15H14F3N3O3. The first-order chi connectivity index (χ1) is 11.3. The molecule has 1 aromatic carbocycles. The van der Waals surface area contributed by atoms with Crippen molar-refractivity contribution in [3.63, 3.8) is 0 Å². The van der Waals surface area contributed by atoms with Crippen LogP contribution in [0.3, 0.4) is 0 Å². The molecule has 2 rings (SSSR count). The molecule has 128 valence electrons. The van der Waals surface area contributed by atoms with Gasteiger partial charge >= 0.3 is 6.18 Å². The maximum Gasteiger partial charge on any atom is 0.416 e. The third-order valence-electron chi connectivity index (χ3n) is 3.09. The van der Waals surface area contributed by atoms with Gasteiger partial charge in [0, 0.05) is 5.69 Å². The van der Waals surface area contributed by atoms with E-state index in [1.165, 1.54) is 12.1 Å². The van der Waals surface area contributed by atoms with Gasteiger partial charge in [-0.1, -0.05) is 16.4 Å². The zero-order valence-corrected chi connectivity index (χ0v) is 12.8. The Kier molecular flexibility index (Phi) is 5.22. The van der Waals surface area contributed by atoms with E-state index in [1.807, 2.05) is 0 Å². The molecule has 0 unspecified atom stereocenters. The van der Waals surface area contributed by atoms with Crippen molar-refractivity contribution >= 4 is 17.8 Å². The van der Waals surface area contributed by atoms with Gasteiger partial charge in [0.05, 0.1) is 16.8 Å². The van der Waals surface area contributed by atoms with Gasteiger partial charge in [-0.15, -0.1) is 0 Å². The Hall–Kier alpha value is -2.84. The smallest absolute Gasteiger partial charge is 0.391 e. The molecule has 1 N–H and O–H groups in total. The van der Waals surface area contributed by atoms with Crippen molar-refractivity contribution in [2.75, 3.05) is 5.32 Å². The van der Waals surface area contributed by atoms with Crippen LogP contribution in [0.2, 0.25) is 0 Å². The number of carbonyl (C=O) groups is 1. The van der Waals surface area contributed by atoms with Crippen LogP contribution in [-0.2, 0) is 22.4 Å². The van der Waals surface area contributed by atoms with Crippen LogP contribution < -0.4 is 5.32 Å². The van der Waals surface area contributed by atoms with Crippen LogP contribution in [0, 0.1) is 13.8 Å². The third kappa shape index (κ3) is 4.58. The number of oxime groups is 1. The molecule has 0 aliphatic heterocycles. The van der Waals surface area contributed by atoms with E-state index in [0.29, 0.717) is 17.0 Å². The van der Waals surface area contributed by atoms with E-state index in [4.69, 9.17) is 9.36 Å². The molecule has 0 saturated heterocycles. The Balaban J connectivity index is 1.89. The summed E-state index contributed by atoms with van der Waals surface area (Å²) in [4.78, 5) is 16.6. The van der Waals surface area contributed by atoms with Crippen molar-refractivity contribution in [1.82, 2.24) is 5.16 Å². The van der Waals surface area contributed by atoms with Gasteiger partial charge in [-0.05, 0) is 32.0 Å². The Morgan fingerprint density at radius 3 is 2.79 bits per heavy atom. The first-order valence-corrected chi connectivity index (χ1v) is 6.82. The average molecular weight is 341 g/mol. The number of aromatic nitrogens is 1. The summed E-state index contributed by atoms with van der Waals surface area (Å²) < 4.78 is 42.7. The van der Waals surface area contributed by atoms with Gasteiger partial charge < -0.3 is 14.7 Å². The van der Waals surface area contributed by atoms with Gasteiger partial charge in [-0.3, -0.25) is 4.79 Å². The highest BCUT2D eigenvalue weighted by Gasteiger charge is 2.30. The number of benzene rings is 1. The number of anilines is 1. The lowest BCUT2D eigenvalue weighted by Gasteiger charge is -2.08. The molecule has 0 spiro atoms. The molecule has 1 amide bonds. The Morgan fingerprint density at radius 1 is 1.42 bits per heavy atom. The molecule has 2 aromatic rings.